The van der Waals surface area contributed by atoms with Crippen LogP contribution in [0.25, 0.3) is 0 Å². The van der Waals surface area contributed by atoms with Gasteiger partial charge in [-0.1, -0.05) is 35.0 Å². The summed E-state index contributed by atoms with van der Waals surface area (Å²) in [5, 5.41) is 0. The molecule has 1 aromatic carbocycles. The Morgan fingerprint density at radius 3 is 2.80 bits per heavy atom. The van der Waals surface area contributed by atoms with Crippen LogP contribution in [0, 0.1) is 11.8 Å². The standard InChI is InChI=1S/C13H18BrN/c1-9(11-5-6-11)13(15)8-10-3-2-4-12(14)7-10/h2-4,7,9,11,13H,5-6,8,15H2,1H3. The molecule has 0 aromatic heterocycles. The van der Waals surface area contributed by atoms with Crippen molar-refractivity contribution in [1.82, 2.24) is 0 Å². The van der Waals surface area contributed by atoms with Crippen LogP contribution in [0.1, 0.15) is 25.3 Å². The maximum absolute atomic E-state index is 6.22. The van der Waals surface area contributed by atoms with Crippen LogP contribution in [0.5, 0.6) is 0 Å². The first-order valence-corrected chi connectivity index (χ1v) is 6.46. The second-order valence-electron chi connectivity index (χ2n) is 4.69. The highest BCUT2D eigenvalue weighted by atomic mass is 79.9. The van der Waals surface area contributed by atoms with E-state index in [4.69, 9.17) is 5.73 Å². The van der Waals surface area contributed by atoms with Crippen molar-refractivity contribution >= 4 is 15.9 Å². The maximum atomic E-state index is 6.22. The van der Waals surface area contributed by atoms with E-state index in [1.165, 1.54) is 18.4 Å². The molecule has 2 atom stereocenters. The van der Waals surface area contributed by atoms with E-state index in [0.29, 0.717) is 12.0 Å². The van der Waals surface area contributed by atoms with E-state index in [0.717, 1.165) is 16.8 Å². The normalized spacial score (nSPS) is 19.9. The highest BCUT2D eigenvalue weighted by Crippen LogP contribution is 2.38. The van der Waals surface area contributed by atoms with Crippen LogP contribution < -0.4 is 5.73 Å². The fourth-order valence-corrected chi connectivity index (χ4v) is 2.54. The molecule has 1 aliphatic rings. The molecule has 0 radical (unpaired) electrons. The predicted octanol–water partition coefficient (Wildman–Crippen LogP) is 3.37. The number of benzene rings is 1. The minimum Gasteiger partial charge on any atom is -0.327 e. The fourth-order valence-electron chi connectivity index (χ4n) is 2.09. The lowest BCUT2D eigenvalue weighted by Crippen LogP contribution is -2.31. The third-order valence-electron chi connectivity index (χ3n) is 3.40. The highest BCUT2D eigenvalue weighted by Gasteiger charge is 2.31. The topological polar surface area (TPSA) is 26.0 Å². The number of nitrogens with two attached hydrogens (primary N) is 1. The van der Waals surface area contributed by atoms with Crippen LogP contribution in [0.15, 0.2) is 28.7 Å². The molecule has 0 spiro atoms. The minimum atomic E-state index is 0.312. The first-order chi connectivity index (χ1) is 7.16. The third-order valence-corrected chi connectivity index (χ3v) is 3.89. The summed E-state index contributed by atoms with van der Waals surface area (Å²) in [5.41, 5.74) is 7.56. The van der Waals surface area contributed by atoms with Crippen molar-refractivity contribution < 1.29 is 0 Å². The molecule has 15 heavy (non-hydrogen) atoms. The van der Waals surface area contributed by atoms with Crippen molar-refractivity contribution in [2.45, 2.75) is 32.2 Å². The van der Waals surface area contributed by atoms with Gasteiger partial charge in [-0.2, -0.15) is 0 Å². The quantitative estimate of drug-likeness (QED) is 0.890. The van der Waals surface area contributed by atoms with Gasteiger partial charge in [0.2, 0.25) is 0 Å². The molecular formula is C13H18BrN. The summed E-state index contributed by atoms with van der Waals surface area (Å²) >= 11 is 3.49. The molecule has 2 N–H and O–H groups in total. The second-order valence-corrected chi connectivity index (χ2v) is 5.61. The summed E-state index contributed by atoms with van der Waals surface area (Å²) in [6, 6.07) is 8.77. The summed E-state index contributed by atoms with van der Waals surface area (Å²) in [4.78, 5) is 0. The van der Waals surface area contributed by atoms with E-state index in [-0.39, 0.29) is 0 Å². The van der Waals surface area contributed by atoms with E-state index in [2.05, 4.69) is 47.1 Å². The smallest absolute Gasteiger partial charge is 0.0178 e. The molecule has 82 valence electrons. The van der Waals surface area contributed by atoms with Crippen molar-refractivity contribution in [3.63, 3.8) is 0 Å². The van der Waals surface area contributed by atoms with Gasteiger partial charge in [0.1, 0.15) is 0 Å². The first-order valence-electron chi connectivity index (χ1n) is 5.67. The van der Waals surface area contributed by atoms with E-state index in [1.807, 2.05) is 0 Å². The highest BCUT2D eigenvalue weighted by molar-refractivity contribution is 9.10. The molecule has 1 nitrogen and oxygen atoms in total. The molecule has 2 heteroatoms. The Hall–Kier alpha value is -0.340. The third kappa shape index (κ3) is 3.05. The summed E-state index contributed by atoms with van der Waals surface area (Å²) in [7, 11) is 0. The summed E-state index contributed by atoms with van der Waals surface area (Å²) in [6.07, 6.45) is 3.76. The summed E-state index contributed by atoms with van der Waals surface area (Å²) in [6.45, 7) is 2.29. The van der Waals surface area contributed by atoms with Gasteiger partial charge in [0.15, 0.2) is 0 Å². The molecule has 0 bridgehead atoms. The van der Waals surface area contributed by atoms with Gasteiger partial charge >= 0.3 is 0 Å². The number of halogens is 1. The molecule has 0 heterocycles. The van der Waals surface area contributed by atoms with Gasteiger partial charge in [-0.3, -0.25) is 0 Å². The van der Waals surface area contributed by atoms with Crippen LogP contribution in [-0.2, 0) is 6.42 Å². The molecule has 1 aliphatic carbocycles. The van der Waals surface area contributed by atoms with Crippen LogP contribution in [0.3, 0.4) is 0 Å². The largest absolute Gasteiger partial charge is 0.327 e. The number of rotatable bonds is 4. The van der Waals surface area contributed by atoms with Crippen molar-refractivity contribution in [1.29, 1.82) is 0 Å². The van der Waals surface area contributed by atoms with Crippen LogP contribution in [-0.4, -0.2) is 6.04 Å². The molecular weight excluding hydrogens is 250 g/mol. The Balaban J connectivity index is 1.95. The van der Waals surface area contributed by atoms with E-state index >= 15 is 0 Å². The van der Waals surface area contributed by atoms with Gasteiger partial charge in [0, 0.05) is 10.5 Å². The zero-order chi connectivity index (χ0) is 10.8. The molecule has 0 amide bonds. The first kappa shape index (κ1) is 11.2. The molecule has 1 saturated carbocycles. The van der Waals surface area contributed by atoms with Gasteiger partial charge < -0.3 is 5.73 Å². The zero-order valence-corrected chi connectivity index (χ0v) is 10.7. The van der Waals surface area contributed by atoms with E-state index in [1.54, 1.807) is 0 Å². The number of hydrogen-bond acceptors (Lipinski definition) is 1. The SMILES string of the molecule is CC(C(N)Cc1cccc(Br)c1)C1CC1. The summed E-state index contributed by atoms with van der Waals surface area (Å²) < 4.78 is 1.14. The molecule has 1 fully saturated rings. The Labute approximate surface area is 100 Å². The Kier molecular flexibility index (Phi) is 3.47. The van der Waals surface area contributed by atoms with Gasteiger partial charge in [0.25, 0.3) is 0 Å². The monoisotopic (exact) mass is 267 g/mol. The molecule has 2 unspecified atom stereocenters. The lowest BCUT2D eigenvalue weighted by Gasteiger charge is -2.19. The van der Waals surface area contributed by atoms with Crippen molar-refractivity contribution in [2.75, 3.05) is 0 Å². The molecule has 1 aromatic rings. The van der Waals surface area contributed by atoms with Gasteiger partial charge in [-0.15, -0.1) is 0 Å². The Morgan fingerprint density at radius 1 is 1.47 bits per heavy atom. The Morgan fingerprint density at radius 2 is 2.20 bits per heavy atom. The van der Waals surface area contributed by atoms with Crippen LogP contribution in [0.4, 0.5) is 0 Å². The van der Waals surface area contributed by atoms with Gasteiger partial charge in [-0.25, -0.2) is 0 Å². The lowest BCUT2D eigenvalue weighted by atomic mass is 9.92. The van der Waals surface area contributed by atoms with Crippen molar-refractivity contribution in [3.05, 3.63) is 34.3 Å². The van der Waals surface area contributed by atoms with Crippen LogP contribution in [0.2, 0.25) is 0 Å². The van der Waals surface area contributed by atoms with Gasteiger partial charge in [-0.05, 0) is 48.8 Å². The second kappa shape index (κ2) is 4.67. The molecule has 0 saturated heterocycles. The molecule has 0 aliphatic heterocycles. The Bertz CT molecular complexity index is 333. The fraction of sp³-hybridized carbons (Fsp3) is 0.538. The zero-order valence-electron chi connectivity index (χ0n) is 9.12. The maximum Gasteiger partial charge on any atom is 0.0178 e. The van der Waals surface area contributed by atoms with Gasteiger partial charge in [0.05, 0.1) is 0 Å². The molecule has 2 rings (SSSR count). The van der Waals surface area contributed by atoms with E-state index < -0.39 is 0 Å². The van der Waals surface area contributed by atoms with Crippen molar-refractivity contribution in [3.8, 4) is 0 Å². The van der Waals surface area contributed by atoms with Crippen molar-refractivity contribution in [2.24, 2.45) is 17.6 Å². The average molecular weight is 268 g/mol. The minimum absolute atomic E-state index is 0.312. The predicted molar refractivity (Wildman–Crippen MR) is 67.7 cm³/mol. The van der Waals surface area contributed by atoms with E-state index in [9.17, 15) is 0 Å². The average Bonchev–Trinajstić information content (AvgIpc) is 2.99. The lowest BCUT2D eigenvalue weighted by molar-refractivity contribution is 0.404. The number of hydrogen-bond donors (Lipinski definition) is 1. The van der Waals surface area contributed by atoms with Crippen LogP contribution >= 0.6 is 15.9 Å². The summed E-state index contributed by atoms with van der Waals surface area (Å²) in [5.74, 6) is 1.57.